The molecule has 6 heteroatoms. The van der Waals surface area contributed by atoms with Gasteiger partial charge >= 0.3 is 0 Å². The number of rotatable bonds is 3. The lowest BCUT2D eigenvalue weighted by Gasteiger charge is -2.16. The van der Waals surface area contributed by atoms with Crippen molar-refractivity contribution in [3.8, 4) is 0 Å². The van der Waals surface area contributed by atoms with Crippen LogP contribution in [0.2, 0.25) is 0 Å². The van der Waals surface area contributed by atoms with Crippen LogP contribution in [-0.2, 0) is 0 Å². The number of nitrogens with one attached hydrogen (secondary N) is 1. The number of nitrogen functional groups attached to an aromatic ring is 1. The predicted molar refractivity (Wildman–Crippen MR) is 84.8 cm³/mol. The summed E-state index contributed by atoms with van der Waals surface area (Å²) >= 11 is 0. The van der Waals surface area contributed by atoms with Crippen molar-refractivity contribution in [2.24, 2.45) is 0 Å². The third kappa shape index (κ3) is 2.87. The molecule has 3 heterocycles. The number of aromatic nitrogens is 3. The lowest BCUT2D eigenvalue weighted by Crippen LogP contribution is -2.17. The van der Waals surface area contributed by atoms with Gasteiger partial charge in [0.05, 0.1) is 11.6 Å². The van der Waals surface area contributed by atoms with Gasteiger partial charge in [0, 0.05) is 11.9 Å². The molecular formula is C16H21N5O. The minimum atomic E-state index is -0.167. The van der Waals surface area contributed by atoms with Crippen molar-refractivity contribution in [1.29, 1.82) is 0 Å². The molecule has 0 saturated carbocycles. The quantitative estimate of drug-likeness (QED) is 0.843. The molecule has 3 N–H and O–H groups in total. The number of anilines is 1. The summed E-state index contributed by atoms with van der Waals surface area (Å²) < 4.78 is 1.99. The number of carbonyl (C=O) groups is 1. The summed E-state index contributed by atoms with van der Waals surface area (Å²) in [5, 5.41) is 7.95. The molecule has 2 aromatic rings. The van der Waals surface area contributed by atoms with Gasteiger partial charge in [0.25, 0.3) is 0 Å². The molecule has 116 valence electrons. The van der Waals surface area contributed by atoms with E-state index in [0.717, 1.165) is 38.0 Å². The highest BCUT2D eigenvalue weighted by molar-refractivity contribution is 6.10. The topological polar surface area (TPSA) is 85.8 Å². The van der Waals surface area contributed by atoms with E-state index < -0.39 is 0 Å². The van der Waals surface area contributed by atoms with Crippen LogP contribution < -0.4 is 11.1 Å². The first-order valence-corrected chi connectivity index (χ1v) is 7.69. The normalized spacial score (nSPS) is 18.9. The van der Waals surface area contributed by atoms with Gasteiger partial charge in [-0.05, 0) is 57.5 Å². The number of nitrogens with zero attached hydrogens (tertiary/aromatic N) is 3. The van der Waals surface area contributed by atoms with E-state index in [1.54, 1.807) is 18.3 Å². The SMILES string of the molecule is Cc1cc(C(=O)c2cccnc2N)nn1C1CCCNCC1. The van der Waals surface area contributed by atoms with E-state index >= 15 is 0 Å². The van der Waals surface area contributed by atoms with Crippen molar-refractivity contribution in [2.45, 2.75) is 32.2 Å². The minimum Gasteiger partial charge on any atom is -0.383 e. The van der Waals surface area contributed by atoms with Gasteiger partial charge in [-0.15, -0.1) is 0 Å². The summed E-state index contributed by atoms with van der Waals surface area (Å²) in [6.07, 6.45) is 4.82. The van der Waals surface area contributed by atoms with E-state index in [9.17, 15) is 4.79 Å². The molecule has 0 radical (unpaired) electrons. The van der Waals surface area contributed by atoms with E-state index in [1.807, 2.05) is 17.7 Å². The lowest BCUT2D eigenvalue weighted by molar-refractivity contribution is 0.103. The maximum absolute atomic E-state index is 12.6. The molecule has 22 heavy (non-hydrogen) atoms. The molecule has 3 rings (SSSR count). The second-order valence-corrected chi connectivity index (χ2v) is 5.72. The Morgan fingerprint density at radius 1 is 1.41 bits per heavy atom. The largest absolute Gasteiger partial charge is 0.383 e. The van der Waals surface area contributed by atoms with E-state index in [4.69, 9.17) is 5.73 Å². The second-order valence-electron chi connectivity index (χ2n) is 5.72. The monoisotopic (exact) mass is 299 g/mol. The Morgan fingerprint density at radius 3 is 3.09 bits per heavy atom. The Balaban J connectivity index is 1.88. The minimum absolute atomic E-state index is 0.167. The fourth-order valence-corrected chi connectivity index (χ4v) is 2.96. The molecule has 1 aliphatic rings. The molecule has 1 atom stereocenters. The molecule has 0 aliphatic carbocycles. The molecule has 0 aromatic carbocycles. The lowest BCUT2D eigenvalue weighted by atomic mass is 10.1. The van der Waals surface area contributed by atoms with Crippen LogP contribution in [-0.4, -0.2) is 33.6 Å². The number of carbonyl (C=O) groups excluding carboxylic acids is 1. The molecule has 1 unspecified atom stereocenters. The predicted octanol–water partition coefficient (Wildman–Crippen LogP) is 1.71. The van der Waals surface area contributed by atoms with Crippen molar-refractivity contribution >= 4 is 11.6 Å². The second kappa shape index (κ2) is 6.27. The van der Waals surface area contributed by atoms with Crippen LogP contribution in [0.25, 0.3) is 0 Å². The summed E-state index contributed by atoms with van der Waals surface area (Å²) in [6.45, 7) is 4.03. The van der Waals surface area contributed by atoms with Crippen LogP contribution in [0.1, 0.15) is 47.1 Å². The Hall–Kier alpha value is -2.21. The zero-order valence-corrected chi connectivity index (χ0v) is 12.7. The van der Waals surface area contributed by atoms with Crippen molar-refractivity contribution < 1.29 is 4.79 Å². The highest BCUT2D eigenvalue weighted by Gasteiger charge is 2.21. The number of nitrogens with two attached hydrogens (primary N) is 1. The van der Waals surface area contributed by atoms with Crippen LogP contribution in [0.5, 0.6) is 0 Å². The number of hydrogen-bond donors (Lipinski definition) is 2. The van der Waals surface area contributed by atoms with Crippen molar-refractivity contribution in [3.05, 3.63) is 41.3 Å². The Labute approximate surface area is 129 Å². The Morgan fingerprint density at radius 2 is 2.27 bits per heavy atom. The summed E-state index contributed by atoms with van der Waals surface area (Å²) in [5.41, 5.74) is 7.66. The summed E-state index contributed by atoms with van der Waals surface area (Å²) in [4.78, 5) is 16.5. The third-order valence-corrected chi connectivity index (χ3v) is 4.13. The van der Waals surface area contributed by atoms with E-state index in [2.05, 4.69) is 15.4 Å². The standard InChI is InChI=1S/C16H21N5O/c1-11-10-14(15(22)13-5-3-8-19-16(13)17)20-21(11)12-4-2-7-18-9-6-12/h3,5,8,10,12,18H,2,4,6-7,9H2,1H3,(H2,17,19). The Kier molecular flexibility index (Phi) is 4.20. The number of pyridine rings is 1. The fraction of sp³-hybridized carbons (Fsp3) is 0.438. The highest BCUT2D eigenvalue weighted by atomic mass is 16.1. The van der Waals surface area contributed by atoms with Crippen molar-refractivity contribution in [1.82, 2.24) is 20.1 Å². The van der Waals surface area contributed by atoms with Gasteiger partial charge in [-0.1, -0.05) is 0 Å². The maximum atomic E-state index is 12.6. The molecule has 6 nitrogen and oxygen atoms in total. The maximum Gasteiger partial charge on any atom is 0.216 e. The van der Waals surface area contributed by atoms with Gasteiger partial charge in [-0.25, -0.2) is 4.98 Å². The molecule has 0 bridgehead atoms. The summed E-state index contributed by atoms with van der Waals surface area (Å²) in [7, 11) is 0. The first-order valence-electron chi connectivity index (χ1n) is 7.69. The summed E-state index contributed by atoms with van der Waals surface area (Å²) in [6, 6.07) is 5.59. The van der Waals surface area contributed by atoms with Gasteiger partial charge in [-0.3, -0.25) is 9.48 Å². The van der Waals surface area contributed by atoms with Crippen LogP contribution in [0, 0.1) is 6.92 Å². The fourth-order valence-electron chi connectivity index (χ4n) is 2.96. The average molecular weight is 299 g/mol. The molecular weight excluding hydrogens is 278 g/mol. The molecule has 2 aromatic heterocycles. The van der Waals surface area contributed by atoms with Gasteiger partial charge in [0.1, 0.15) is 11.5 Å². The van der Waals surface area contributed by atoms with Crippen molar-refractivity contribution in [2.75, 3.05) is 18.8 Å². The van der Waals surface area contributed by atoms with E-state index in [0.29, 0.717) is 17.3 Å². The Bertz CT molecular complexity index is 671. The third-order valence-electron chi connectivity index (χ3n) is 4.13. The van der Waals surface area contributed by atoms with Gasteiger partial charge < -0.3 is 11.1 Å². The average Bonchev–Trinajstić information content (AvgIpc) is 2.74. The van der Waals surface area contributed by atoms with Gasteiger partial charge in [-0.2, -0.15) is 5.10 Å². The van der Waals surface area contributed by atoms with E-state index in [-0.39, 0.29) is 11.6 Å². The highest BCUT2D eigenvalue weighted by Crippen LogP contribution is 2.23. The number of aryl methyl sites for hydroxylation is 1. The van der Waals surface area contributed by atoms with Crippen LogP contribution in [0.3, 0.4) is 0 Å². The molecule has 1 aliphatic heterocycles. The first kappa shape index (κ1) is 14.7. The van der Waals surface area contributed by atoms with Crippen LogP contribution >= 0.6 is 0 Å². The molecule has 0 amide bonds. The first-order chi connectivity index (χ1) is 10.7. The molecule has 1 fully saturated rings. The van der Waals surface area contributed by atoms with Gasteiger partial charge in [0.2, 0.25) is 5.78 Å². The van der Waals surface area contributed by atoms with Crippen molar-refractivity contribution in [3.63, 3.8) is 0 Å². The zero-order chi connectivity index (χ0) is 15.5. The number of hydrogen-bond acceptors (Lipinski definition) is 5. The smallest absolute Gasteiger partial charge is 0.216 e. The molecule has 1 saturated heterocycles. The number of ketones is 1. The molecule has 0 spiro atoms. The van der Waals surface area contributed by atoms with Crippen LogP contribution in [0.4, 0.5) is 5.82 Å². The summed E-state index contributed by atoms with van der Waals surface area (Å²) in [5.74, 6) is 0.0811. The van der Waals surface area contributed by atoms with Gasteiger partial charge in [0.15, 0.2) is 0 Å². The van der Waals surface area contributed by atoms with Crippen LogP contribution in [0.15, 0.2) is 24.4 Å². The van der Waals surface area contributed by atoms with E-state index in [1.165, 1.54) is 0 Å². The zero-order valence-electron chi connectivity index (χ0n) is 12.7.